The highest BCUT2D eigenvalue weighted by molar-refractivity contribution is 8.24. The smallest absolute Gasteiger partial charge is 0.213 e. The summed E-state index contributed by atoms with van der Waals surface area (Å²) in [6.07, 6.45) is 12.8. The van der Waals surface area contributed by atoms with Gasteiger partial charge in [-0.3, -0.25) is 0 Å². The Kier molecular flexibility index (Phi) is 25.2. The molecule has 0 aromatic heterocycles. The summed E-state index contributed by atoms with van der Waals surface area (Å²) in [5, 5.41) is 26.2. The van der Waals surface area contributed by atoms with Gasteiger partial charge in [0.2, 0.25) is 30.1 Å². The fourth-order valence-electron chi connectivity index (χ4n) is 5.13. The molecule has 0 saturated heterocycles. The number of hydrogen-bond acceptors (Lipinski definition) is 9. The fourth-order valence-corrected chi connectivity index (χ4v) is 12.8. The molecule has 0 aliphatic rings. The van der Waals surface area contributed by atoms with Crippen molar-refractivity contribution in [3.63, 3.8) is 0 Å². The lowest BCUT2D eigenvalue weighted by atomic mass is 10.1. The van der Waals surface area contributed by atoms with Gasteiger partial charge >= 0.3 is 3.41 Å². The van der Waals surface area contributed by atoms with E-state index in [-0.39, 0.29) is 26.1 Å². The van der Waals surface area contributed by atoms with E-state index in [0.29, 0.717) is 103 Å². The molecule has 0 radical (unpaired) electrons. The van der Waals surface area contributed by atoms with E-state index < -0.39 is 39.9 Å². The Bertz CT molecular complexity index is 1110. The molecule has 15 heteroatoms. The highest BCUT2D eigenvalue weighted by Gasteiger charge is 2.64. The van der Waals surface area contributed by atoms with Gasteiger partial charge in [-0.2, -0.15) is 15.8 Å². The lowest BCUT2D eigenvalue weighted by molar-refractivity contribution is 0.503. The molecular formula is C31H58N6O6S3. The van der Waals surface area contributed by atoms with Crippen LogP contribution < -0.4 is 14.2 Å². The second-order valence-corrected chi connectivity index (χ2v) is 18.5. The summed E-state index contributed by atoms with van der Waals surface area (Å²) in [5.74, 6) is 0. The largest absolute Gasteiger partial charge is 0.313 e. The minimum absolute atomic E-state index is 0.0886. The van der Waals surface area contributed by atoms with E-state index in [0.717, 1.165) is 32.1 Å². The Morgan fingerprint density at radius 2 is 0.717 bits per heavy atom. The first-order valence-electron chi connectivity index (χ1n) is 17.1. The zero-order valence-electron chi connectivity index (χ0n) is 27.9. The third kappa shape index (κ3) is 16.9. The highest BCUT2D eigenvalue weighted by atomic mass is 32.3. The molecule has 0 aliphatic carbocycles. The van der Waals surface area contributed by atoms with Gasteiger partial charge in [-0.15, -0.1) is 0 Å². The standard InChI is InChI=1S/C31H58N6O6S3/c1-2-3-4-5-6-10-17-24-31(44(38,39)35-28-21-14-7-11-18-25-32,45(40,41)36-29-22-15-8-12-19-26-33)46(42,43)37-30-23-16-9-13-20-27-34/h35-37H,2-24,28-30H2,1H3. The van der Waals surface area contributed by atoms with Crippen molar-refractivity contribution in [3.8, 4) is 18.2 Å². The van der Waals surface area contributed by atoms with Gasteiger partial charge in [-0.1, -0.05) is 84.0 Å². The van der Waals surface area contributed by atoms with E-state index in [4.69, 9.17) is 15.8 Å². The summed E-state index contributed by atoms with van der Waals surface area (Å²) in [5.41, 5.74) is 0. The molecule has 0 aromatic rings. The van der Waals surface area contributed by atoms with Gasteiger partial charge in [0.15, 0.2) is 0 Å². The first-order chi connectivity index (χ1) is 22.0. The lowest BCUT2D eigenvalue weighted by Crippen LogP contribution is -2.63. The third-order valence-corrected chi connectivity index (χ3v) is 16.6. The van der Waals surface area contributed by atoms with Crippen LogP contribution >= 0.6 is 0 Å². The maximum Gasteiger partial charge on any atom is 0.313 e. The van der Waals surface area contributed by atoms with E-state index in [9.17, 15) is 25.3 Å². The maximum absolute atomic E-state index is 14.0. The number of hydrogen-bond donors (Lipinski definition) is 3. The Morgan fingerprint density at radius 1 is 0.435 bits per heavy atom. The van der Waals surface area contributed by atoms with E-state index >= 15 is 0 Å². The summed E-state index contributed by atoms with van der Waals surface area (Å²) in [6, 6.07) is 6.17. The van der Waals surface area contributed by atoms with E-state index in [1.807, 2.05) is 0 Å². The van der Waals surface area contributed by atoms with Crippen LogP contribution in [-0.2, 0) is 30.1 Å². The van der Waals surface area contributed by atoms with E-state index in [1.54, 1.807) is 0 Å². The van der Waals surface area contributed by atoms with Crippen LogP contribution in [0.25, 0.3) is 0 Å². The third-order valence-electron chi connectivity index (χ3n) is 7.84. The summed E-state index contributed by atoms with van der Waals surface area (Å²) < 4.78 is 88.1. The number of nitriles is 3. The van der Waals surface area contributed by atoms with Gasteiger partial charge in [0.05, 0.1) is 18.2 Å². The summed E-state index contributed by atoms with van der Waals surface area (Å²) >= 11 is 0. The molecule has 0 aliphatic heterocycles. The SMILES string of the molecule is CCCCCCCCCC(S(=O)(=O)NCCCCCCC#N)(S(=O)(=O)NCCCCCCC#N)S(=O)(=O)NCCCCCCC#N. The number of sulfonamides is 3. The Labute approximate surface area is 280 Å². The average Bonchev–Trinajstić information content (AvgIpc) is 3.00. The highest BCUT2D eigenvalue weighted by Crippen LogP contribution is 2.36. The number of unbranched alkanes of at least 4 members (excludes halogenated alkanes) is 18. The van der Waals surface area contributed by atoms with Crippen molar-refractivity contribution in [1.29, 1.82) is 15.8 Å². The molecule has 12 nitrogen and oxygen atoms in total. The van der Waals surface area contributed by atoms with Gasteiger partial charge in [-0.25, -0.2) is 39.4 Å². The molecule has 0 atom stereocenters. The van der Waals surface area contributed by atoms with Crippen LogP contribution in [0.3, 0.4) is 0 Å². The average molecular weight is 707 g/mol. The molecule has 0 spiro atoms. The van der Waals surface area contributed by atoms with Crippen LogP contribution in [0.5, 0.6) is 0 Å². The fraction of sp³-hybridized carbons (Fsp3) is 0.903. The molecule has 0 unspecified atom stereocenters. The molecule has 266 valence electrons. The van der Waals surface area contributed by atoms with Crippen molar-refractivity contribution in [3.05, 3.63) is 0 Å². The van der Waals surface area contributed by atoms with Crippen LogP contribution in [0.1, 0.15) is 155 Å². The predicted octanol–water partition coefficient (Wildman–Crippen LogP) is 5.96. The maximum atomic E-state index is 14.0. The van der Waals surface area contributed by atoms with Crippen molar-refractivity contribution in [2.45, 2.75) is 158 Å². The van der Waals surface area contributed by atoms with Gasteiger partial charge in [0.25, 0.3) is 0 Å². The molecule has 0 heterocycles. The molecule has 3 N–H and O–H groups in total. The van der Waals surface area contributed by atoms with Crippen LogP contribution in [0.15, 0.2) is 0 Å². The Balaban J connectivity index is 6.20. The quantitative estimate of drug-likeness (QED) is 0.0704. The Morgan fingerprint density at radius 3 is 1.04 bits per heavy atom. The molecule has 0 rings (SSSR count). The summed E-state index contributed by atoms with van der Waals surface area (Å²) in [4.78, 5) is 0. The van der Waals surface area contributed by atoms with Gasteiger partial charge < -0.3 is 0 Å². The molecule has 46 heavy (non-hydrogen) atoms. The number of nitrogens with one attached hydrogen (secondary N) is 3. The zero-order valence-corrected chi connectivity index (χ0v) is 30.4. The lowest BCUT2D eigenvalue weighted by Gasteiger charge is -2.33. The molecule has 0 fully saturated rings. The molecule has 0 aromatic carbocycles. The van der Waals surface area contributed by atoms with Crippen LogP contribution in [0.4, 0.5) is 0 Å². The van der Waals surface area contributed by atoms with Gasteiger partial charge in [-0.05, 0) is 44.9 Å². The normalized spacial score (nSPS) is 12.4. The van der Waals surface area contributed by atoms with Crippen molar-refractivity contribution in [1.82, 2.24) is 14.2 Å². The monoisotopic (exact) mass is 706 g/mol. The van der Waals surface area contributed by atoms with E-state index in [1.165, 1.54) is 0 Å². The minimum Gasteiger partial charge on any atom is -0.213 e. The summed E-state index contributed by atoms with van der Waals surface area (Å²) in [7, 11) is -14.9. The predicted molar refractivity (Wildman–Crippen MR) is 182 cm³/mol. The number of nitrogens with zero attached hydrogens (tertiary/aromatic N) is 3. The first kappa shape index (κ1) is 44.2. The minimum atomic E-state index is -4.98. The van der Waals surface area contributed by atoms with Crippen molar-refractivity contribution in [2.24, 2.45) is 0 Å². The second-order valence-electron chi connectivity index (χ2n) is 11.7. The van der Waals surface area contributed by atoms with Gasteiger partial charge in [0, 0.05) is 45.3 Å². The summed E-state index contributed by atoms with van der Waals surface area (Å²) in [6.45, 7) is 1.70. The Hall–Kier alpha value is -1.80. The van der Waals surface area contributed by atoms with Crippen LogP contribution in [0.2, 0.25) is 0 Å². The number of rotatable bonds is 32. The van der Waals surface area contributed by atoms with Crippen molar-refractivity contribution in [2.75, 3.05) is 19.6 Å². The van der Waals surface area contributed by atoms with Crippen LogP contribution in [-0.4, -0.2) is 48.3 Å². The van der Waals surface area contributed by atoms with Crippen molar-refractivity contribution < 1.29 is 25.3 Å². The van der Waals surface area contributed by atoms with Crippen molar-refractivity contribution >= 4 is 30.1 Å². The second kappa shape index (κ2) is 26.2. The molecule has 0 saturated carbocycles. The zero-order chi connectivity index (χ0) is 34.6. The molecule has 0 amide bonds. The topological polar surface area (TPSA) is 210 Å². The van der Waals surface area contributed by atoms with E-state index in [2.05, 4.69) is 39.3 Å². The van der Waals surface area contributed by atoms with Gasteiger partial charge in [0.1, 0.15) is 0 Å². The molecule has 0 bridgehead atoms. The molecular weight excluding hydrogens is 649 g/mol. The van der Waals surface area contributed by atoms with Crippen LogP contribution in [0, 0.1) is 34.0 Å². The first-order valence-corrected chi connectivity index (χ1v) is 21.5.